The summed E-state index contributed by atoms with van der Waals surface area (Å²) in [7, 11) is 0. The molecule has 1 aromatic heterocycles. The Morgan fingerprint density at radius 1 is 0.938 bits per heavy atom. The Morgan fingerprint density at radius 3 is 2.44 bits per heavy atom. The van der Waals surface area contributed by atoms with E-state index >= 15 is 0 Å². The van der Waals surface area contributed by atoms with Crippen LogP contribution in [-0.2, 0) is 0 Å². The SMILES string of the molecule is Cc1ccc(C(=O)NC(=S)Nc2cccc(-c3nc4cc(C)cc(C)c4o3)c2C)c(C)c1. The van der Waals surface area contributed by atoms with Gasteiger partial charge in [0.2, 0.25) is 5.89 Å². The molecule has 0 saturated heterocycles. The van der Waals surface area contributed by atoms with Gasteiger partial charge in [-0.05, 0) is 93.4 Å². The summed E-state index contributed by atoms with van der Waals surface area (Å²) in [6.07, 6.45) is 0. The maximum atomic E-state index is 12.6. The highest BCUT2D eigenvalue weighted by atomic mass is 32.1. The normalized spacial score (nSPS) is 10.9. The Balaban J connectivity index is 1.57. The molecule has 0 aliphatic rings. The van der Waals surface area contributed by atoms with Gasteiger partial charge in [0.05, 0.1) is 0 Å². The Labute approximate surface area is 192 Å². The molecule has 0 atom stereocenters. The van der Waals surface area contributed by atoms with Crippen LogP contribution in [0.3, 0.4) is 0 Å². The summed E-state index contributed by atoms with van der Waals surface area (Å²) >= 11 is 5.40. The topological polar surface area (TPSA) is 67.2 Å². The van der Waals surface area contributed by atoms with Crippen LogP contribution in [0, 0.1) is 34.6 Å². The van der Waals surface area contributed by atoms with Crippen molar-refractivity contribution in [1.82, 2.24) is 10.3 Å². The largest absolute Gasteiger partial charge is 0.436 e. The van der Waals surface area contributed by atoms with Crippen LogP contribution in [0.5, 0.6) is 0 Å². The lowest BCUT2D eigenvalue weighted by molar-refractivity contribution is 0.0977. The molecular weight excluding hydrogens is 418 g/mol. The maximum absolute atomic E-state index is 12.6. The van der Waals surface area contributed by atoms with E-state index in [1.165, 1.54) is 0 Å². The Hall–Kier alpha value is -3.51. The van der Waals surface area contributed by atoms with Gasteiger partial charge in [0.1, 0.15) is 5.52 Å². The van der Waals surface area contributed by atoms with E-state index in [-0.39, 0.29) is 11.0 Å². The molecule has 162 valence electrons. The van der Waals surface area contributed by atoms with Gasteiger partial charge < -0.3 is 9.73 Å². The van der Waals surface area contributed by atoms with Gasteiger partial charge >= 0.3 is 0 Å². The lowest BCUT2D eigenvalue weighted by Gasteiger charge is -2.14. The summed E-state index contributed by atoms with van der Waals surface area (Å²) in [5.41, 5.74) is 9.02. The van der Waals surface area contributed by atoms with Gasteiger partial charge in [0.25, 0.3) is 5.91 Å². The van der Waals surface area contributed by atoms with E-state index in [1.54, 1.807) is 0 Å². The first kappa shape index (κ1) is 21.7. The van der Waals surface area contributed by atoms with Crippen LogP contribution in [-0.4, -0.2) is 16.0 Å². The molecule has 0 aliphatic carbocycles. The van der Waals surface area contributed by atoms with Crippen molar-refractivity contribution in [3.63, 3.8) is 0 Å². The Kier molecular flexibility index (Phi) is 5.80. The molecule has 2 N–H and O–H groups in total. The number of rotatable bonds is 3. The van der Waals surface area contributed by atoms with E-state index < -0.39 is 0 Å². The fourth-order valence-electron chi connectivity index (χ4n) is 3.89. The number of benzene rings is 3. The summed E-state index contributed by atoms with van der Waals surface area (Å²) < 4.78 is 6.08. The van der Waals surface area contributed by atoms with Crippen molar-refractivity contribution in [2.45, 2.75) is 34.6 Å². The van der Waals surface area contributed by atoms with Gasteiger partial charge in [-0.15, -0.1) is 0 Å². The van der Waals surface area contributed by atoms with E-state index in [2.05, 4.69) is 16.7 Å². The molecular formula is C26H25N3O2S. The third-order valence-corrected chi connectivity index (χ3v) is 5.69. The van der Waals surface area contributed by atoms with Crippen LogP contribution in [0.4, 0.5) is 5.69 Å². The number of aryl methyl sites for hydroxylation is 4. The first-order valence-electron chi connectivity index (χ1n) is 10.4. The van der Waals surface area contributed by atoms with Gasteiger partial charge in [-0.25, -0.2) is 4.98 Å². The van der Waals surface area contributed by atoms with Crippen LogP contribution in [0.2, 0.25) is 0 Å². The molecule has 6 heteroatoms. The second kappa shape index (κ2) is 8.55. The number of thiocarbonyl (C=S) groups is 1. The van der Waals surface area contributed by atoms with E-state index in [1.807, 2.05) is 77.1 Å². The van der Waals surface area contributed by atoms with Crippen molar-refractivity contribution < 1.29 is 9.21 Å². The summed E-state index contributed by atoms with van der Waals surface area (Å²) in [6, 6.07) is 15.6. The highest BCUT2D eigenvalue weighted by molar-refractivity contribution is 7.80. The zero-order valence-electron chi connectivity index (χ0n) is 18.8. The summed E-state index contributed by atoms with van der Waals surface area (Å²) in [6.45, 7) is 9.95. The number of amides is 1. The predicted molar refractivity (Wildman–Crippen MR) is 133 cm³/mol. The van der Waals surface area contributed by atoms with Crippen molar-refractivity contribution in [2.24, 2.45) is 0 Å². The van der Waals surface area contributed by atoms with Gasteiger partial charge in [-0.2, -0.15) is 0 Å². The molecule has 0 fully saturated rings. The van der Waals surface area contributed by atoms with Crippen LogP contribution in [0.1, 0.15) is 38.2 Å². The number of nitrogens with one attached hydrogen (secondary N) is 2. The van der Waals surface area contributed by atoms with Crippen molar-refractivity contribution in [1.29, 1.82) is 0 Å². The zero-order chi connectivity index (χ0) is 23.0. The summed E-state index contributed by atoms with van der Waals surface area (Å²) in [4.78, 5) is 17.3. The fraction of sp³-hybridized carbons (Fsp3) is 0.192. The van der Waals surface area contributed by atoms with E-state index in [0.717, 1.165) is 50.2 Å². The minimum atomic E-state index is -0.237. The number of carbonyl (C=O) groups is 1. The molecule has 0 aliphatic heterocycles. The average Bonchev–Trinajstić information content (AvgIpc) is 3.13. The summed E-state index contributed by atoms with van der Waals surface area (Å²) in [5.74, 6) is 0.318. The Bertz CT molecular complexity index is 1370. The molecule has 4 aromatic rings. The Morgan fingerprint density at radius 2 is 1.69 bits per heavy atom. The third-order valence-electron chi connectivity index (χ3n) is 5.49. The smallest absolute Gasteiger partial charge is 0.257 e. The van der Waals surface area contributed by atoms with Crippen LogP contribution >= 0.6 is 12.2 Å². The maximum Gasteiger partial charge on any atom is 0.257 e. The molecule has 5 nitrogen and oxygen atoms in total. The van der Waals surface area contributed by atoms with Crippen molar-refractivity contribution in [3.8, 4) is 11.5 Å². The molecule has 1 amide bonds. The van der Waals surface area contributed by atoms with Crippen molar-refractivity contribution in [3.05, 3.63) is 81.9 Å². The highest BCUT2D eigenvalue weighted by Gasteiger charge is 2.16. The quantitative estimate of drug-likeness (QED) is 0.371. The standard InChI is InChI=1S/C26H25N3O2S/c1-14-9-10-19(16(3)11-14)24(30)29-26(32)28-21-8-6-7-20(18(21)5)25-27-22-13-15(2)12-17(4)23(22)31-25/h6-13H,1-5H3,(H2,28,29,30,32). The van der Waals surface area contributed by atoms with Crippen molar-refractivity contribution in [2.75, 3.05) is 5.32 Å². The van der Waals surface area contributed by atoms with Gasteiger partial charge in [-0.3, -0.25) is 10.1 Å². The van der Waals surface area contributed by atoms with Crippen LogP contribution < -0.4 is 10.6 Å². The second-order valence-electron chi connectivity index (χ2n) is 8.15. The number of oxazole rings is 1. The predicted octanol–water partition coefficient (Wildman–Crippen LogP) is 6.16. The van der Waals surface area contributed by atoms with Gasteiger partial charge in [0.15, 0.2) is 10.7 Å². The second-order valence-corrected chi connectivity index (χ2v) is 8.56. The molecule has 3 aromatic carbocycles. The average molecular weight is 444 g/mol. The number of hydrogen-bond donors (Lipinski definition) is 2. The zero-order valence-corrected chi connectivity index (χ0v) is 19.6. The minimum absolute atomic E-state index is 0.235. The third kappa shape index (κ3) is 4.27. The lowest BCUT2D eigenvalue weighted by Crippen LogP contribution is -2.34. The van der Waals surface area contributed by atoms with Gasteiger partial charge in [0, 0.05) is 16.8 Å². The van der Waals surface area contributed by atoms with Gasteiger partial charge in [-0.1, -0.05) is 29.8 Å². The summed E-state index contributed by atoms with van der Waals surface area (Å²) in [5, 5.41) is 6.14. The molecule has 4 rings (SSSR count). The van der Waals surface area contributed by atoms with Crippen molar-refractivity contribution >= 4 is 40.0 Å². The van der Waals surface area contributed by atoms with E-state index in [0.29, 0.717) is 11.5 Å². The minimum Gasteiger partial charge on any atom is -0.436 e. The number of aromatic nitrogens is 1. The molecule has 0 bridgehead atoms. The molecule has 0 unspecified atom stereocenters. The molecule has 0 saturated carbocycles. The fourth-order valence-corrected chi connectivity index (χ4v) is 4.09. The molecule has 32 heavy (non-hydrogen) atoms. The molecule has 1 heterocycles. The monoisotopic (exact) mass is 443 g/mol. The first-order valence-corrected chi connectivity index (χ1v) is 10.8. The first-order chi connectivity index (χ1) is 15.2. The highest BCUT2D eigenvalue weighted by Crippen LogP contribution is 2.32. The number of carbonyl (C=O) groups excluding carboxylic acids is 1. The lowest BCUT2D eigenvalue weighted by atomic mass is 10.1. The number of nitrogens with zero attached hydrogens (tertiary/aromatic N) is 1. The number of anilines is 1. The van der Waals surface area contributed by atoms with E-state index in [4.69, 9.17) is 21.6 Å². The molecule has 0 spiro atoms. The number of fused-ring (bicyclic) bond motifs is 1. The molecule has 0 radical (unpaired) electrons. The van der Waals surface area contributed by atoms with Crippen LogP contribution in [0.25, 0.3) is 22.6 Å². The van der Waals surface area contributed by atoms with Crippen LogP contribution in [0.15, 0.2) is 52.9 Å². The van der Waals surface area contributed by atoms with E-state index in [9.17, 15) is 4.79 Å². The number of hydrogen-bond acceptors (Lipinski definition) is 4.